The Morgan fingerprint density at radius 1 is 1.17 bits per heavy atom. The van der Waals surface area contributed by atoms with Crippen LogP contribution in [0.25, 0.3) is 0 Å². The van der Waals surface area contributed by atoms with E-state index in [1.165, 1.54) is 46.4 Å². The van der Waals surface area contributed by atoms with Gasteiger partial charge in [-0.1, -0.05) is 0 Å². The number of sulfonamides is 1. The van der Waals surface area contributed by atoms with Crippen LogP contribution in [0.1, 0.15) is 17.2 Å². The molecule has 0 aliphatic carbocycles. The average molecular weight is 443 g/mol. The van der Waals surface area contributed by atoms with Crippen LogP contribution in [-0.2, 0) is 14.8 Å². The molecule has 6 nitrogen and oxygen atoms in total. The fourth-order valence-electron chi connectivity index (χ4n) is 3.01. The van der Waals surface area contributed by atoms with Gasteiger partial charge in [0, 0.05) is 29.7 Å². The van der Waals surface area contributed by atoms with E-state index in [4.69, 9.17) is 10.5 Å². The summed E-state index contributed by atoms with van der Waals surface area (Å²) in [5.41, 5.74) is 5.26. The number of carbonyl (C=O) groups excluding carboxylic acids is 1. The molecule has 2 aromatic rings. The maximum atomic E-state index is 14.1. The van der Waals surface area contributed by atoms with Crippen LogP contribution >= 0.6 is 11.8 Å². The van der Waals surface area contributed by atoms with E-state index in [0.717, 1.165) is 12.1 Å². The van der Waals surface area contributed by atoms with Crippen molar-refractivity contribution < 1.29 is 26.7 Å². The maximum absolute atomic E-state index is 14.1. The zero-order chi connectivity index (χ0) is 21.0. The molecule has 0 aromatic heterocycles. The number of rotatable bonds is 6. The Balaban J connectivity index is 1.71. The quantitative estimate of drug-likeness (QED) is 0.743. The molecular formula is C19H20F2N2O4S2. The van der Waals surface area contributed by atoms with Crippen molar-refractivity contribution in [2.45, 2.75) is 16.6 Å². The number of hydrogen-bond donors (Lipinski definition) is 1. The first-order valence-corrected chi connectivity index (χ1v) is 11.3. The highest BCUT2D eigenvalue weighted by Gasteiger charge is 2.29. The Morgan fingerprint density at radius 3 is 2.59 bits per heavy atom. The highest BCUT2D eigenvalue weighted by molar-refractivity contribution is 7.99. The molecule has 1 fully saturated rings. The Hall–Kier alpha value is -2.17. The minimum absolute atomic E-state index is 0.0873. The fraction of sp³-hybridized carbons (Fsp3) is 0.316. The number of halogens is 2. The van der Waals surface area contributed by atoms with E-state index < -0.39 is 27.6 Å². The summed E-state index contributed by atoms with van der Waals surface area (Å²) in [4.78, 5) is 10.8. The molecule has 0 saturated carbocycles. The van der Waals surface area contributed by atoms with Gasteiger partial charge < -0.3 is 10.5 Å². The number of benzene rings is 2. The van der Waals surface area contributed by atoms with Gasteiger partial charge in [-0.3, -0.25) is 4.79 Å². The van der Waals surface area contributed by atoms with Gasteiger partial charge in [-0.15, -0.1) is 0 Å². The van der Waals surface area contributed by atoms with Crippen molar-refractivity contribution in [1.29, 1.82) is 0 Å². The minimum atomic E-state index is -3.75. The number of primary amides is 1. The van der Waals surface area contributed by atoms with Gasteiger partial charge in [0.05, 0.1) is 4.90 Å². The lowest BCUT2D eigenvalue weighted by Crippen LogP contribution is -2.33. The summed E-state index contributed by atoms with van der Waals surface area (Å²) in [6.07, 6.45) is 0.365. The fourth-order valence-corrected chi connectivity index (χ4v) is 5.83. The van der Waals surface area contributed by atoms with Crippen molar-refractivity contribution >= 4 is 27.7 Å². The number of carbonyl (C=O) groups is 1. The second-order valence-corrected chi connectivity index (χ2v) is 9.69. The molecule has 2 aromatic carbocycles. The van der Waals surface area contributed by atoms with Gasteiger partial charge in [-0.2, -0.15) is 16.1 Å². The second kappa shape index (κ2) is 9.10. The molecule has 1 aliphatic rings. The van der Waals surface area contributed by atoms with E-state index in [1.54, 1.807) is 0 Å². The Morgan fingerprint density at radius 2 is 1.90 bits per heavy atom. The topological polar surface area (TPSA) is 89.7 Å². The maximum Gasteiger partial charge on any atom is 0.255 e. The largest absolute Gasteiger partial charge is 0.484 e. The van der Waals surface area contributed by atoms with E-state index in [-0.39, 0.29) is 35.4 Å². The summed E-state index contributed by atoms with van der Waals surface area (Å²) < 4.78 is 60.0. The summed E-state index contributed by atoms with van der Waals surface area (Å²) in [5, 5.41) is -0.324. The van der Waals surface area contributed by atoms with Crippen LogP contribution in [0, 0.1) is 11.6 Å². The Kier molecular flexibility index (Phi) is 6.76. The lowest BCUT2D eigenvalue weighted by molar-refractivity contribution is -0.119. The third-order valence-corrected chi connectivity index (χ3v) is 7.67. The first kappa shape index (κ1) is 21.5. The smallest absolute Gasteiger partial charge is 0.255 e. The average Bonchev–Trinajstić information content (AvgIpc) is 2.95. The number of nitrogens with two attached hydrogens (primary N) is 1. The number of amides is 1. The Labute approximate surface area is 172 Å². The van der Waals surface area contributed by atoms with E-state index in [0.29, 0.717) is 17.9 Å². The first-order valence-electron chi connectivity index (χ1n) is 8.85. The molecule has 0 bridgehead atoms. The summed E-state index contributed by atoms with van der Waals surface area (Å²) >= 11 is 1.41. The third kappa shape index (κ3) is 5.26. The zero-order valence-corrected chi connectivity index (χ0v) is 17.0. The molecule has 156 valence electrons. The summed E-state index contributed by atoms with van der Waals surface area (Å²) in [5.74, 6) is -0.857. The first-order chi connectivity index (χ1) is 13.8. The third-order valence-electron chi connectivity index (χ3n) is 4.45. The van der Waals surface area contributed by atoms with Crippen LogP contribution < -0.4 is 10.5 Å². The highest BCUT2D eigenvalue weighted by atomic mass is 32.2. The van der Waals surface area contributed by atoms with Crippen LogP contribution in [0.5, 0.6) is 5.75 Å². The van der Waals surface area contributed by atoms with Crippen molar-refractivity contribution in [1.82, 2.24) is 4.31 Å². The highest BCUT2D eigenvalue weighted by Crippen LogP contribution is 2.37. The van der Waals surface area contributed by atoms with Crippen LogP contribution in [0.2, 0.25) is 0 Å². The number of ether oxygens (including phenoxy) is 1. The van der Waals surface area contributed by atoms with Gasteiger partial charge >= 0.3 is 0 Å². The molecule has 3 rings (SSSR count). The van der Waals surface area contributed by atoms with Crippen LogP contribution in [0.4, 0.5) is 8.78 Å². The number of hydrogen-bond acceptors (Lipinski definition) is 5. The lowest BCUT2D eigenvalue weighted by Gasteiger charge is -2.20. The van der Waals surface area contributed by atoms with E-state index in [1.807, 2.05) is 0 Å². The molecule has 1 aliphatic heterocycles. The molecule has 1 unspecified atom stereocenters. The van der Waals surface area contributed by atoms with Crippen molar-refractivity contribution in [3.8, 4) is 5.75 Å². The molecule has 1 atom stereocenters. The molecule has 1 heterocycles. The summed E-state index contributed by atoms with van der Waals surface area (Å²) in [6.45, 7) is 0.156. The second-order valence-electron chi connectivity index (χ2n) is 6.44. The summed E-state index contributed by atoms with van der Waals surface area (Å²) in [6, 6.07) is 9.02. The SMILES string of the molecule is NC(=O)COc1ccc(S(=O)(=O)N2CCSC(c3cc(F)ccc3F)CC2)cc1. The predicted octanol–water partition coefficient (Wildman–Crippen LogP) is 2.70. The van der Waals surface area contributed by atoms with Gasteiger partial charge in [-0.25, -0.2) is 17.2 Å². The molecular weight excluding hydrogens is 422 g/mol. The van der Waals surface area contributed by atoms with Crippen molar-refractivity contribution in [2.75, 3.05) is 25.4 Å². The molecule has 2 N–H and O–H groups in total. The van der Waals surface area contributed by atoms with Crippen LogP contribution in [0.15, 0.2) is 47.4 Å². The van der Waals surface area contributed by atoms with Crippen molar-refractivity contribution in [3.05, 3.63) is 59.7 Å². The van der Waals surface area contributed by atoms with Gasteiger partial charge in [0.25, 0.3) is 5.91 Å². The van der Waals surface area contributed by atoms with Gasteiger partial charge in [0.1, 0.15) is 17.4 Å². The summed E-state index contributed by atoms with van der Waals surface area (Å²) in [7, 11) is -3.75. The molecule has 1 amide bonds. The van der Waals surface area contributed by atoms with E-state index in [9.17, 15) is 22.0 Å². The lowest BCUT2D eigenvalue weighted by atomic mass is 10.1. The normalized spacial score (nSPS) is 18.2. The molecule has 0 radical (unpaired) electrons. The van der Waals surface area contributed by atoms with E-state index in [2.05, 4.69) is 0 Å². The standard InChI is InChI=1S/C19H20F2N2O4S2/c20-13-1-6-17(21)16(11-13)18-7-8-23(9-10-28-18)29(25,26)15-4-2-14(3-5-15)27-12-19(22)24/h1-6,11,18H,7-10,12H2,(H2,22,24). The van der Waals surface area contributed by atoms with Crippen molar-refractivity contribution in [2.24, 2.45) is 5.73 Å². The number of nitrogens with zero attached hydrogens (tertiary/aromatic N) is 1. The van der Waals surface area contributed by atoms with Crippen LogP contribution in [0.3, 0.4) is 0 Å². The van der Waals surface area contributed by atoms with Gasteiger partial charge in [-0.05, 0) is 48.9 Å². The molecule has 0 spiro atoms. The van der Waals surface area contributed by atoms with Crippen LogP contribution in [-0.4, -0.2) is 44.1 Å². The molecule has 1 saturated heterocycles. The minimum Gasteiger partial charge on any atom is -0.484 e. The number of thioether (sulfide) groups is 1. The molecule has 10 heteroatoms. The van der Waals surface area contributed by atoms with E-state index >= 15 is 0 Å². The predicted molar refractivity (Wildman–Crippen MR) is 106 cm³/mol. The molecule has 29 heavy (non-hydrogen) atoms. The zero-order valence-electron chi connectivity index (χ0n) is 15.4. The van der Waals surface area contributed by atoms with Gasteiger partial charge in [0.2, 0.25) is 10.0 Å². The monoisotopic (exact) mass is 442 g/mol. The Bertz CT molecular complexity index is 984. The van der Waals surface area contributed by atoms with Crippen molar-refractivity contribution in [3.63, 3.8) is 0 Å². The van der Waals surface area contributed by atoms with Gasteiger partial charge in [0.15, 0.2) is 6.61 Å².